The highest BCUT2D eigenvalue weighted by Gasteiger charge is 2.35. The molecule has 0 bridgehead atoms. The number of benzene rings is 3. The molecule has 1 heterocycles. The van der Waals surface area contributed by atoms with Gasteiger partial charge in [0, 0.05) is 0 Å². The second kappa shape index (κ2) is 9.24. The van der Waals surface area contributed by atoms with Crippen LogP contribution in [0, 0.1) is 0 Å². The lowest BCUT2D eigenvalue weighted by Crippen LogP contribution is -2.27. The second-order valence-corrected chi connectivity index (χ2v) is 8.75. The molecule has 0 aromatic heterocycles. The summed E-state index contributed by atoms with van der Waals surface area (Å²) in [4.78, 5) is 37.5. The SMILES string of the molecule is O=C(O)COc1c(Cl)cc(/C=C2\SC(=O)N(Cc3ccc4ccccc4c3)C2=O)cc1Cl. The van der Waals surface area contributed by atoms with Crippen molar-refractivity contribution in [3.8, 4) is 5.75 Å². The maximum absolute atomic E-state index is 12.9. The van der Waals surface area contributed by atoms with E-state index in [1.54, 1.807) is 0 Å². The van der Waals surface area contributed by atoms with Gasteiger partial charge in [0.25, 0.3) is 11.1 Å². The molecule has 3 aromatic carbocycles. The summed E-state index contributed by atoms with van der Waals surface area (Å²) < 4.78 is 5.09. The molecular formula is C23H15Cl2NO5S. The minimum Gasteiger partial charge on any atom is -0.479 e. The smallest absolute Gasteiger partial charge is 0.341 e. The number of carboxylic acid groups (broad SMARTS) is 1. The van der Waals surface area contributed by atoms with Gasteiger partial charge in [0.2, 0.25) is 0 Å². The Hall–Kier alpha value is -3.00. The molecule has 6 nitrogen and oxygen atoms in total. The van der Waals surface area contributed by atoms with Gasteiger partial charge in [-0.15, -0.1) is 0 Å². The Morgan fingerprint density at radius 3 is 2.41 bits per heavy atom. The first-order chi connectivity index (χ1) is 15.3. The molecule has 1 aliphatic rings. The number of carbonyl (C=O) groups is 3. The van der Waals surface area contributed by atoms with Gasteiger partial charge in [-0.1, -0.05) is 59.6 Å². The van der Waals surface area contributed by atoms with E-state index >= 15 is 0 Å². The number of halogens is 2. The third kappa shape index (κ3) is 4.75. The monoisotopic (exact) mass is 487 g/mol. The van der Waals surface area contributed by atoms with E-state index in [1.165, 1.54) is 23.1 Å². The maximum atomic E-state index is 12.9. The molecule has 1 fully saturated rings. The number of nitrogens with zero attached hydrogens (tertiary/aromatic N) is 1. The zero-order valence-corrected chi connectivity index (χ0v) is 18.7. The van der Waals surface area contributed by atoms with Gasteiger partial charge in [-0.05, 0) is 57.9 Å². The molecule has 2 amide bonds. The van der Waals surface area contributed by atoms with Crippen LogP contribution in [0.4, 0.5) is 4.79 Å². The van der Waals surface area contributed by atoms with Crippen molar-refractivity contribution < 1.29 is 24.2 Å². The molecular weight excluding hydrogens is 473 g/mol. The van der Waals surface area contributed by atoms with Crippen molar-refractivity contribution in [1.82, 2.24) is 4.90 Å². The largest absolute Gasteiger partial charge is 0.479 e. The quantitative estimate of drug-likeness (QED) is 0.439. The van der Waals surface area contributed by atoms with Crippen molar-refractivity contribution in [3.05, 3.63) is 80.7 Å². The molecule has 1 saturated heterocycles. The fraction of sp³-hybridized carbons (Fsp3) is 0.0870. The van der Waals surface area contributed by atoms with Crippen molar-refractivity contribution in [2.75, 3.05) is 6.61 Å². The first-order valence-electron chi connectivity index (χ1n) is 9.38. The molecule has 9 heteroatoms. The molecule has 0 aliphatic carbocycles. The van der Waals surface area contributed by atoms with E-state index in [1.807, 2.05) is 42.5 Å². The molecule has 4 rings (SSSR count). The third-order valence-corrected chi connectivity index (χ3v) is 6.16. The van der Waals surface area contributed by atoms with Crippen LogP contribution < -0.4 is 4.74 Å². The van der Waals surface area contributed by atoms with Gasteiger partial charge < -0.3 is 9.84 Å². The maximum Gasteiger partial charge on any atom is 0.341 e. The third-order valence-electron chi connectivity index (χ3n) is 4.69. The standard InChI is InChI=1S/C23H15Cl2NO5S/c24-17-8-14(9-18(25)21(17)31-12-20(27)28)10-19-22(29)26(23(30)32-19)11-13-5-6-15-3-1-2-4-16(15)7-13/h1-10H,11-12H2,(H,27,28)/b19-10-. The molecule has 32 heavy (non-hydrogen) atoms. The molecule has 0 radical (unpaired) electrons. The van der Waals surface area contributed by atoms with E-state index in [-0.39, 0.29) is 32.5 Å². The van der Waals surface area contributed by atoms with E-state index in [4.69, 9.17) is 33.0 Å². The van der Waals surface area contributed by atoms with Gasteiger partial charge in [0.1, 0.15) is 0 Å². The van der Waals surface area contributed by atoms with Crippen LogP contribution in [0.3, 0.4) is 0 Å². The summed E-state index contributed by atoms with van der Waals surface area (Å²) in [5.41, 5.74) is 1.33. The first kappa shape index (κ1) is 22.2. The van der Waals surface area contributed by atoms with Crippen LogP contribution >= 0.6 is 35.0 Å². The zero-order chi connectivity index (χ0) is 22.8. The minimum absolute atomic E-state index is 0.0392. The van der Waals surface area contributed by atoms with Crippen molar-refractivity contribution in [2.24, 2.45) is 0 Å². The van der Waals surface area contributed by atoms with Crippen LogP contribution in [-0.4, -0.2) is 33.7 Å². The summed E-state index contributed by atoms with van der Waals surface area (Å²) in [6, 6.07) is 16.6. The molecule has 162 valence electrons. The molecule has 1 N–H and O–H groups in total. The lowest BCUT2D eigenvalue weighted by atomic mass is 10.1. The predicted molar refractivity (Wildman–Crippen MR) is 125 cm³/mol. The van der Waals surface area contributed by atoms with E-state index in [0.29, 0.717) is 5.56 Å². The number of thioether (sulfide) groups is 1. The van der Waals surface area contributed by atoms with Gasteiger partial charge in [-0.25, -0.2) is 4.79 Å². The van der Waals surface area contributed by atoms with E-state index in [9.17, 15) is 14.4 Å². The fourth-order valence-electron chi connectivity index (χ4n) is 3.24. The van der Waals surface area contributed by atoms with Crippen molar-refractivity contribution >= 4 is 68.9 Å². The van der Waals surface area contributed by atoms with E-state index in [2.05, 4.69) is 0 Å². The highest BCUT2D eigenvalue weighted by atomic mass is 35.5. The Balaban J connectivity index is 1.54. The fourth-order valence-corrected chi connectivity index (χ4v) is 4.69. The highest BCUT2D eigenvalue weighted by Crippen LogP contribution is 2.38. The Morgan fingerprint density at radius 2 is 1.72 bits per heavy atom. The Labute approximate surface area is 197 Å². The van der Waals surface area contributed by atoms with Crippen LogP contribution in [0.1, 0.15) is 11.1 Å². The average molecular weight is 488 g/mol. The molecule has 0 spiro atoms. The zero-order valence-electron chi connectivity index (χ0n) is 16.4. The van der Waals surface area contributed by atoms with E-state index < -0.39 is 18.5 Å². The van der Waals surface area contributed by atoms with E-state index in [0.717, 1.165) is 28.1 Å². The lowest BCUT2D eigenvalue weighted by Gasteiger charge is -2.13. The number of hydrogen-bond acceptors (Lipinski definition) is 5. The number of amides is 2. The number of ether oxygens (including phenoxy) is 1. The Kier molecular flexibility index (Phi) is 6.41. The van der Waals surface area contributed by atoms with Crippen LogP contribution in [0.15, 0.2) is 59.5 Å². The molecule has 0 atom stereocenters. The average Bonchev–Trinajstić information content (AvgIpc) is 3.00. The van der Waals surface area contributed by atoms with Crippen molar-refractivity contribution in [3.63, 3.8) is 0 Å². The number of hydrogen-bond donors (Lipinski definition) is 1. The van der Waals surface area contributed by atoms with Gasteiger partial charge >= 0.3 is 5.97 Å². The first-order valence-corrected chi connectivity index (χ1v) is 11.0. The summed E-state index contributed by atoms with van der Waals surface area (Å²) in [6.07, 6.45) is 1.52. The summed E-state index contributed by atoms with van der Waals surface area (Å²) in [5, 5.41) is 10.7. The number of imide groups is 1. The molecule has 0 unspecified atom stereocenters. The number of carboxylic acids is 1. The Morgan fingerprint density at radius 1 is 1.03 bits per heavy atom. The predicted octanol–water partition coefficient (Wildman–Crippen LogP) is 5.85. The topological polar surface area (TPSA) is 83.9 Å². The summed E-state index contributed by atoms with van der Waals surface area (Å²) in [6.45, 7) is -0.428. The van der Waals surface area contributed by atoms with Gasteiger partial charge in [0.05, 0.1) is 21.5 Å². The summed E-state index contributed by atoms with van der Waals surface area (Å²) >= 11 is 13.1. The van der Waals surface area contributed by atoms with Crippen LogP contribution in [-0.2, 0) is 16.1 Å². The molecule has 3 aromatic rings. The normalized spacial score (nSPS) is 15.1. The van der Waals surface area contributed by atoms with Gasteiger partial charge in [0.15, 0.2) is 12.4 Å². The van der Waals surface area contributed by atoms with Crippen molar-refractivity contribution in [2.45, 2.75) is 6.54 Å². The minimum atomic E-state index is -1.17. The summed E-state index contributed by atoms with van der Waals surface area (Å²) in [7, 11) is 0. The number of carbonyl (C=O) groups excluding carboxylic acids is 2. The molecule has 0 saturated carbocycles. The molecule has 1 aliphatic heterocycles. The van der Waals surface area contributed by atoms with Crippen LogP contribution in [0.25, 0.3) is 16.8 Å². The second-order valence-electron chi connectivity index (χ2n) is 6.95. The van der Waals surface area contributed by atoms with Crippen LogP contribution in [0.2, 0.25) is 10.0 Å². The van der Waals surface area contributed by atoms with Gasteiger partial charge in [-0.2, -0.15) is 0 Å². The number of aliphatic carboxylic acids is 1. The van der Waals surface area contributed by atoms with Crippen LogP contribution in [0.5, 0.6) is 5.75 Å². The number of fused-ring (bicyclic) bond motifs is 1. The highest BCUT2D eigenvalue weighted by molar-refractivity contribution is 8.18. The lowest BCUT2D eigenvalue weighted by molar-refractivity contribution is -0.139. The number of rotatable bonds is 6. The summed E-state index contributed by atoms with van der Waals surface area (Å²) in [5.74, 6) is -1.54. The Bertz CT molecular complexity index is 1270. The van der Waals surface area contributed by atoms with Crippen molar-refractivity contribution in [1.29, 1.82) is 0 Å². The van der Waals surface area contributed by atoms with Gasteiger partial charge in [-0.3, -0.25) is 14.5 Å².